The lowest BCUT2D eigenvalue weighted by Gasteiger charge is -2.40. The van der Waals surface area contributed by atoms with Gasteiger partial charge < -0.3 is 19.1 Å². The van der Waals surface area contributed by atoms with E-state index in [0.29, 0.717) is 24.3 Å². The first kappa shape index (κ1) is 24.3. The molecule has 0 saturated heterocycles. The van der Waals surface area contributed by atoms with Gasteiger partial charge in [-0.1, -0.05) is 18.2 Å². The minimum Gasteiger partial charge on any atom is -0.497 e. The minimum absolute atomic E-state index is 0.0359. The van der Waals surface area contributed by atoms with Gasteiger partial charge in [-0.15, -0.1) is 0 Å². The van der Waals surface area contributed by atoms with Crippen LogP contribution in [0.4, 0.5) is 11.4 Å². The third-order valence-electron chi connectivity index (χ3n) is 6.99. The second-order valence-corrected chi connectivity index (χ2v) is 9.17. The van der Waals surface area contributed by atoms with Crippen molar-refractivity contribution in [3.05, 3.63) is 103 Å². The lowest BCUT2D eigenvalue weighted by atomic mass is 9.84. The number of ether oxygens (including phenoxy) is 1. The molecule has 0 spiro atoms. The molecule has 2 atom stereocenters. The Bertz CT molecular complexity index is 1380. The molecule has 0 fully saturated rings. The summed E-state index contributed by atoms with van der Waals surface area (Å²) in [5.74, 6) is 0.302. The number of carbonyl (C=O) groups excluding carboxylic acids is 2. The summed E-state index contributed by atoms with van der Waals surface area (Å²) in [5, 5.41) is 0. The van der Waals surface area contributed by atoms with Crippen molar-refractivity contribution in [1.29, 1.82) is 0 Å². The van der Waals surface area contributed by atoms with Crippen LogP contribution in [0.1, 0.15) is 42.1 Å². The van der Waals surface area contributed by atoms with Crippen molar-refractivity contribution in [2.75, 3.05) is 23.5 Å². The molecule has 0 bridgehead atoms. The van der Waals surface area contributed by atoms with Crippen LogP contribution in [0.5, 0.6) is 5.75 Å². The first-order valence-corrected chi connectivity index (χ1v) is 12.5. The summed E-state index contributed by atoms with van der Waals surface area (Å²) in [4.78, 5) is 35.3. The van der Waals surface area contributed by atoms with E-state index < -0.39 is 0 Å². The van der Waals surface area contributed by atoms with E-state index in [1.165, 1.54) is 0 Å². The Morgan fingerprint density at radius 2 is 1.76 bits per heavy atom. The highest BCUT2D eigenvalue weighted by atomic mass is 16.5. The zero-order chi connectivity index (χ0) is 25.9. The van der Waals surface area contributed by atoms with Crippen molar-refractivity contribution in [3.8, 4) is 11.4 Å². The molecule has 2 heterocycles. The third-order valence-corrected chi connectivity index (χ3v) is 6.99. The summed E-state index contributed by atoms with van der Waals surface area (Å²) in [6.45, 7) is 4.54. The van der Waals surface area contributed by atoms with Gasteiger partial charge in [0, 0.05) is 47.6 Å². The largest absolute Gasteiger partial charge is 0.497 e. The van der Waals surface area contributed by atoms with Crippen LogP contribution in [0.3, 0.4) is 0 Å². The van der Waals surface area contributed by atoms with Crippen LogP contribution in [0, 0.1) is 0 Å². The number of aromatic nitrogens is 2. The predicted octanol–water partition coefficient (Wildman–Crippen LogP) is 5.46. The van der Waals surface area contributed by atoms with E-state index in [9.17, 15) is 9.59 Å². The van der Waals surface area contributed by atoms with Gasteiger partial charge >= 0.3 is 0 Å². The van der Waals surface area contributed by atoms with Gasteiger partial charge in [0.2, 0.25) is 5.91 Å². The predicted molar refractivity (Wildman–Crippen MR) is 145 cm³/mol. The number of likely N-dealkylation sites (N-methyl/N-ethyl adjacent to an activating group) is 1. The molecule has 2 amide bonds. The van der Waals surface area contributed by atoms with Crippen molar-refractivity contribution < 1.29 is 14.3 Å². The smallest absolute Gasteiger partial charge is 0.258 e. The second kappa shape index (κ2) is 10.3. The van der Waals surface area contributed by atoms with E-state index in [1.807, 2.05) is 82.9 Å². The van der Waals surface area contributed by atoms with Gasteiger partial charge in [0.25, 0.3) is 5.91 Å². The third kappa shape index (κ3) is 4.60. The normalized spacial score (nSPS) is 16.7. The standard InChI is InChI=1S/C30H30N4O3/c1-4-33(24-13-11-23(12-14-24)32-18-17-31-20-32)30(36)27-19-21(2)34(28-8-6-5-7-26(27)28)29(35)22-9-15-25(37-3)16-10-22/h5-18,20-21,27H,4,19H2,1-3H3. The molecule has 7 heteroatoms. The maximum absolute atomic E-state index is 14.0. The van der Waals surface area contributed by atoms with E-state index in [1.54, 1.807) is 43.9 Å². The van der Waals surface area contributed by atoms with Crippen molar-refractivity contribution in [2.24, 2.45) is 0 Å². The first-order chi connectivity index (χ1) is 18.0. The summed E-state index contributed by atoms with van der Waals surface area (Å²) in [6, 6.07) is 22.6. The van der Waals surface area contributed by atoms with Gasteiger partial charge in [0.05, 0.1) is 19.4 Å². The van der Waals surface area contributed by atoms with Gasteiger partial charge in [0.1, 0.15) is 5.75 Å². The molecule has 3 aromatic carbocycles. The Hall–Kier alpha value is -4.39. The molecule has 37 heavy (non-hydrogen) atoms. The SMILES string of the molecule is CCN(C(=O)C1CC(C)N(C(=O)c2ccc(OC)cc2)c2ccccc21)c1ccc(-n2ccnc2)cc1. The van der Waals surface area contributed by atoms with Gasteiger partial charge in [-0.3, -0.25) is 9.59 Å². The number of carbonyl (C=O) groups is 2. The Balaban J connectivity index is 1.44. The number of rotatable bonds is 6. The van der Waals surface area contributed by atoms with Crippen molar-refractivity contribution in [2.45, 2.75) is 32.2 Å². The number of nitrogens with zero attached hydrogens (tertiary/aromatic N) is 4. The maximum atomic E-state index is 14.0. The minimum atomic E-state index is -0.348. The average Bonchev–Trinajstić information content (AvgIpc) is 3.48. The highest BCUT2D eigenvalue weighted by molar-refractivity contribution is 6.09. The number of anilines is 2. The molecular weight excluding hydrogens is 464 g/mol. The number of amides is 2. The van der Waals surface area contributed by atoms with Crippen LogP contribution in [0.25, 0.3) is 5.69 Å². The van der Waals surface area contributed by atoms with Crippen LogP contribution < -0.4 is 14.5 Å². The monoisotopic (exact) mass is 494 g/mol. The number of fused-ring (bicyclic) bond motifs is 1. The van der Waals surface area contributed by atoms with Gasteiger partial charge in [-0.2, -0.15) is 0 Å². The highest BCUT2D eigenvalue weighted by Crippen LogP contribution is 2.41. The molecule has 0 radical (unpaired) electrons. The molecule has 0 N–H and O–H groups in total. The molecule has 7 nitrogen and oxygen atoms in total. The molecule has 1 aliphatic heterocycles. The van der Waals surface area contributed by atoms with Crippen LogP contribution in [0.2, 0.25) is 0 Å². The average molecular weight is 495 g/mol. The van der Waals surface area contributed by atoms with Gasteiger partial charge in [-0.25, -0.2) is 4.98 Å². The topological polar surface area (TPSA) is 67.7 Å². The maximum Gasteiger partial charge on any atom is 0.258 e. The zero-order valence-electron chi connectivity index (χ0n) is 21.2. The Morgan fingerprint density at radius 3 is 2.41 bits per heavy atom. The highest BCUT2D eigenvalue weighted by Gasteiger charge is 2.38. The molecule has 188 valence electrons. The van der Waals surface area contributed by atoms with Crippen LogP contribution in [-0.2, 0) is 4.79 Å². The fourth-order valence-electron chi connectivity index (χ4n) is 5.10. The Morgan fingerprint density at radius 1 is 1.03 bits per heavy atom. The van der Waals surface area contributed by atoms with E-state index >= 15 is 0 Å². The van der Waals surface area contributed by atoms with Gasteiger partial charge in [0.15, 0.2) is 0 Å². The van der Waals surface area contributed by atoms with E-state index in [-0.39, 0.29) is 23.8 Å². The van der Waals surface area contributed by atoms with Crippen LogP contribution in [0.15, 0.2) is 91.5 Å². The number of benzene rings is 3. The number of para-hydroxylation sites is 1. The summed E-state index contributed by atoms with van der Waals surface area (Å²) < 4.78 is 7.16. The quantitative estimate of drug-likeness (QED) is 0.357. The summed E-state index contributed by atoms with van der Waals surface area (Å²) in [7, 11) is 1.60. The molecule has 1 aliphatic rings. The molecule has 0 saturated carbocycles. The summed E-state index contributed by atoms with van der Waals surface area (Å²) >= 11 is 0. The summed E-state index contributed by atoms with van der Waals surface area (Å²) in [6.07, 6.45) is 5.91. The fourth-order valence-corrected chi connectivity index (χ4v) is 5.10. The lowest BCUT2D eigenvalue weighted by Crippen LogP contribution is -2.46. The van der Waals surface area contributed by atoms with E-state index in [0.717, 1.165) is 22.6 Å². The molecule has 4 aromatic rings. The first-order valence-electron chi connectivity index (χ1n) is 12.5. The van der Waals surface area contributed by atoms with Crippen molar-refractivity contribution >= 4 is 23.2 Å². The van der Waals surface area contributed by atoms with Crippen LogP contribution in [-0.4, -0.2) is 41.1 Å². The summed E-state index contributed by atoms with van der Waals surface area (Å²) in [5.41, 5.74) is 4.07. The van der Waals surface area contributed by atoms with Crippen molar-refractivity contribution in [3.63, 3.8) is 0 Å². The number of methoxy groups -OCH3 is 1. The fraction of sp³-hybridized carbons (Fsp3) is 0.233. The molecular formula is C30H30N4O3. The Labute approximate surface area is 216 Å². The second-order valence-electron chi connectivity index (χ2n) is 9.17. The van der Waals surface area contributed by atoms with E-state index in [4.69, 9.17) is 4.74 Å². The number of imidazole rings is 1. The van der Waals surface area contributed by atoms with E-state index in [2.05, 4.69) is 4.98 Å². The lowest BCUT2D eigenvalue weighted by molar-refractivity contribution is -0.120. The number of hydrogen-bond donors (Lipinski definition) is 0. The molecule has 1 aromatic heterocycles. The number of hydrogen-bond acceptors (Lipinski definition) is 4. The Kier molecular flexibility index (Phi) is 6.77. The molecule has 0 aliphatic carbocycles. The molecule has 5 rings (SSSR count). The van der Waals surface area contributed by atoms with Gasteiger partial charge in [-0.05, 0) is 80.4 Å². The van der Waals surface area contributed by atoms with Crippen LogP contribution >= 0.6 is 0 Å². The zero-order valence-corrected chi connectivity index (χ0v) is 21.2. The van der Waals surface area contributed by atoms with Crippen molar-refractivity contribution in [1.82, 2.24) is 9.55 Å². The molecule has 2 unspecified atom stereocenters.